The number of rotatable bonds is 4. The molecule has 4 rings (SSSR count). The maximum absolute atomic E-state index is 5.99. The first-order chi connectivity index (χ1) is 11.9. The monoisotopic (exact) mass is 324 g/mol. The molecular weight excluding hydrogens is 300 g/mol. The van der Waals surface area contributed by atoms with Crippen LogP contribution in [0.15, 0.2) is 36.9 Å². The molecule has 5 nitrogen and oxygen atoms in total. The number of nitrogens with zero attached hydrogens (tertiary/aromatic N) is 4. The number of ether oxygens (including phenoxy) is 1. The van der Waals surface area contributed by atoms with Crippen LogP contribution in [0.25, 0.3) is 11.1 Å². The quantitative estimate of drug-likeness (QED) is 0.863. The van der Waals surface area contributed by atoms with E-state index in [0.29, 0.717) is 6.01 Å². The molecule has 126 valence electrons. The Kier molecular flexibility index (Phi) is 4.69. The maximum atomic E-state index is 5.99. The fraction of sp³-hybridized carbons (Fsp3) is 0.526. The molecule has 0 aromatic carbocycles. The molecule has 2 aromatic heterocycles. The second kappa shape index (κ2) is 7.26. The second-order valence-corrected chi connectivity index (χ2v) is 6.79. The zero-order chi connectivity index (χ0) is 16.2. The molecule has 1 saturated heterocycles. The molecule has 0 spiro atoms. The number of hydrogen-bond donors (Lipinski definition) is 0. The lowest BCUT2D eigenvalue weighted by Gasteiger charge is -2.35. The van der Waals surface area contributed by atoms with E-state index in [1.807, 2.05) is 30.7 Å². The molecule has 1 saturated carbocycles. The molecule has 24 heavy (non-hydrogen) atoms. The van der Waals surface area contributed by atoms with Gasteiger partial charge in [0.25, 0.3) is 0 Å². The van der Waals surface area contributed by atoms with Crippen LogP contribution in [0.4, 0.5) is 0 Å². The summed E-state index contributed by atoms with van der Waals surface area (Å²) in [6, 6.07) is 5.23. The minimum absolute atomic E-state index is 0.242. The summed E-state index contributed by atoms with van der Waals surface area (Å²) in [4.78, 5) is 15.5. The first kappa shape index (κ1) is 15.5. The van der Waals surface area contributed by atoms with Gasteiger partial charge in [0.05, 0.1) is 0 Å². The molecule has 0 N–H and O–H groups in total. The normalized spacial score (nSPS) is 20.3. The van der Waals surface area contributed by atoms with E-state index in [-0.39, 0.29) is 6.10 Å². The van der Waals surface area contributed by atoms with Gasteiger partial charge in [-0.05, 0) is 31.7 Å². The molecule has 1 aliphatic heterocycles. The first-order valence-electron chi connectivity index (χ1n) is 9.01. The summed E-state index contributed by atoms with van der Waals surface area (Å²) in [5, 5.41) is 0. The summed E-state index contributed by atoms with van der Waals surface area (Å²) in [5.41, 5.74) is 1.99. The minimum atomic E-state index is 0.242. The van der Waals surface area contributed by atoms with E-state index in [0.717, 1.165) is 43.1 Å². The van der Waals surface area contributed by atoms with Gasteiger partial charge in [-0.2, -0.15) is 0 Å². The van der Waals surface area contributed by atoms with Crippen molar-refractivity contribution in [2.45, 2.75) is 50.7 Å². The molecule has 2 aliphatic rings. The highest BCUT2D eigenvalue weighted by Gasteiger charge is 2.28. The van der Waals surface area contributed by atoms with Gasteiger partial charge in [-0.15, -0.1) is 0 Å². The van der Waals surface area contributed by atoms with Gasteiger partial charge in [-0.3, -0.25) is 4.98 Å². The molecule has 0 amide bonds. The molecule has 0 atom stereocenters. The van der Waals surface area contributed by atoms with Crippen LogP contribution in [0.1, 0.15) is 38.5 Å². The van der Waals surface area contributed by atoms with E-state index in [9.17, 15) is 0 Å². The van der Waals surface area contributed by atoms with E-state index in [1.54, 1.807) is 6.20 Å². The lowest BCUT2D eigenvalue weighted by atomic mass is 10.0. The Balaban J connectivity index is 1.31. The van der Waals surface area contributed by atoms with E-state index in [4.69, 9.17) is 4.74 Å². The van der Waals surface area contributed by atoms with Crippen molar-refractivity contribution >= 4 is 0 Å². The van der Waals surface area contributed by atoms with E-state index < -0.39 is 0 Å². The third-order valence-corrected chi connectivity index (χ3v) is 5.21. The van der Waals surface area contributed by atoms with E-state index >= 15 is 0 Å². The Bertz CT molecular complexity index is 632. The molecule has 0 unspecified atom stereocenters. The van der Waals surface area contributed by atoms with Gasteiger partial charge in [-0.25, -0.2) is 9.97 Å². The number of piperidine rings is 1. The van der Waals surface area contributed by atoms with E-state index in [1.165, 1.54) is 25.7 Å². The highest BCUT2D eigenvalue weighted by atomic mass is 16.5. The summed E-state index contributed by atoms with van der Waals surface area (Å²) in [5.74, 6) is 0. The minimum Gasteiger partial charge on any atom is -0.460 e. The van der Waals surface area contributed by atoms with Crippen LogP contribution in [-0.4, -0.2) is 45.1 Å². The molecule has 2 fully saturated rings. The van der Waals surface area contributed by atoms with Crippen molar-refractivity contribution in [2.75, 3.05) is 13.1 Å². The van der Waals surface area contributed by atoms with Gasteiger partial charge in [0.15, 0.2) is 0 Å². The van der Waals surface area contributed by atoms with Crippen molar-refractivity contribution in [3.8, 4) is 17.1 Å². The molecule has 0 bridgehead atoms. The van der Waals surface area contributed by atoms with Gasteiger partial charge < -0.3 is 9.64 Å². The van der Waals surface area contributed by atoms with Crippen LogP contribution >= 0.6 is 0 Å². The maximum Gasteiger partial charge on any atom is 0.316 e. The predicted octanol–water partition coefficient (Wildman–Crippen LogP) is 3.32. The Morgan fingerprint density at radius 3 is 2.33 bits per heavy atom. The summed E-state index contributed by atoms with van der Waals surface area (Å²) < 4.78 is 5.99. The summed E-state index contributed by atoms with van der Waals surface area (Å²) in [6.07, 6.45) is 15.2. The van der Waals surface area contributed by atoms with Crippen LogP contribution in [0.5, 0.6) is 6.01 Å². The van der Waals surface area contributed by atoms with Gasteiger partial charge >= 0.3 is 6.01 Å². The highest BCUT2D eigenvalue weighted by Crippen LogP contribution is 2.27. The van der Waals surface area contributed by atoms with Gasteiger partial charge in [0.2, 0.25) is 0 Å². The van der Waals surface area contributed by atoms with E-state index in [2.05, 4.69) is 19.9 Å². The standard InChI is InChI=1S/C19H24N4O/c1-2-6-17(5-1)23-10-7-18(8-11-23)24-19-21-13-16(14-22-19)15-4-3-9-20-12-15/h3-4,9,12-14,17-18H,1-2,5-8,10-11H2. The fourth-order valence-corrected chi connectivity index (χ4v) is 3.84. The van der Waals surface area contributed by atoms with Gasteiger partial charge in [0.1, 0.15) is 6.10 Å². The molecule has 1 aliphatic carbocycles. The zero-order valence-electron chi connectivity index (χ0n) is 14.0. The number of likely N-dealkylation sites (tertiary alicyclic amines) is 1. The van der Waals surface area contributed by atoms with Crippen molar-refractivity contribution in [3.05, 3.63) is 36.9 Å². The summed E-state index contributed by atoms with van der Waals surface area (Å²) in [6.45, 7) is 2.28. The Labute approximate surface area is 143 Å². The predicted molar refractivity (Wildman–Crippen MR) is 92.7 cm³/mol. The smallest absolute Gasteiger partial charge is 0.316 e. The number of aromatic nitrogens is 3. The van der Waals surface area contributed by atoms with Crippen molar-refractivity contribution < 1.29 is 4.74 Å². The second-order valence-electron chi connectivity index (χ2n) is 6.79. The molecule has 2 aromatic rings. The van der Waals surface area contributed by atoms with Crippen molar-refractivity contribution in [1.82, 2.24) is 19.9 Å². The zero-order valence-corrected chi connectivity index (χ0v) is 14.0. The lowest BCUT2D eigenvalue weighted by Crippen LogP contribution is -2.43. The molecule has 3 heterocycles. The molecule has 5 heteroatoms. The van der Waals surface area contributed by atoms with Gasteiger partial charge in [-0.1, -0.05) is 18.9 Å². The van der Waals surface area contributed by atoms with Crippen molar-refractivity contribution in [1.29, 1.82) is 0 Å². The van der Waals surface area contributed by atoms with Crippen LogP contribution in [0.3, 0.4) is 0 Å². The first-order valence-corrected chi connectivity index (χ1v) is 9.01. The average Bonchev–Trinajstić information content (AvgIpc) is 3.18. The average molecular weight is 324 g/mol. The summed E-state index contributed by atoms with van der Waals surface area (Å²) in [7, 11) is 0. The number of hydrogen-bond acceptors (Lipinski definition) is 5. The summed E-state index contributed by atoms with van der Waals surface area (Å²) >= 11 is 0. The largest absolute Gasteiger partial charge is 0.460 e. The van der Waals surface area contributed by atoms with Crippen LogP contribution in [0.2, 0.25) is 0 Å². The lowest BCUT2D eigenvalue weighted by molar-refractivity contribution is 0.0710. The molecule has 0 radical (unpaired) electrons. The van der Waals surface area contributed by atoms with Crippen LogP contribution in [0, 0.1) is 0 Å². The SMILES string of the molecule is c1cncc(-c2cnc(OC3CCN(C4CCCC4)CC3)nc2)c1. The Morgan fingerprint density at radius 2 is 1.67 bits per heavy atom. The third-order valence-electron chi connectivity index (χ3n) is 5.21. The fourth-order valence-electron chi connectivity index (χ4n) is 3.84. The van der Waals surface area contributed by atoms with Crippen molar-refractivity contribution in [3.63, 3.8) is 0 Å². The van der Waals surface area contributed by atoms with Crippen LogP contribution in [-0.2, 0) is 0 Å². The Morgan fingerprint density at radius 1 is 0.917 bits per heavy atom. The Hall–Kier alpha value is -2.01. The molecular formula is C19H24N4O. The van der Waals surface area contributed by atoms with Gasteiger partial charge in [0, 0.05) is 55.0 Å². The third kappa shape index (κ3) is 3.56. The topological polar surface area (TPSA) is 51.1 Å². The van der Waals surface area contributed by atoms with Crippen molar-refractivity contribution in [2.24, 2.45) is 0 Å². The van der Waals surface area contributed by atoms with Crippen LogP contribution < -0.4 is 4.74 Å². The highest BCUT2D eigenvalue weighted by molar-refractivity contribution is 5.59. The number of pyridine rings is 1.